The van der Waals surface area contributed by atoms with Crippen LogP contribution in [0.25, 0.3) is 11.3 Å². The first kappa shape index (κ1) is 23.7. The van der Waals surface area contributed by atoms with Crippen LogP contribution in [0.1, 0.15) is 61.9 Å². The van der Waals surface area contributed by atoms with Gasteiger partial charge in [0.2, 0.25) is 5.89 Å². The van der Waals surface area contributed by atoms with Gasteiger partial charge in [0.1, 0.15) is 0 Å². The highest BCUT2D eigenvalue weighted by Crippen LogP contribution is 2.38. The van der Waals surface area contributed by atoms with Gasteiger partial charge in [0, 0.05) is 48.3 Å². The van der Waals surface area contributed by atoms with Crippen molar-refractivity contribution in [1.29, 1.82) is 0 Å². The number of unbranched alkanes of at least 4 members (excludes halogenated alkanes) is 2. The van der Waals surface area contributed by atoms with Crippen molar-refractivity contribution in [3.63, 3.8) is 0 Å². The quantitative estimate of drug-likeness (QED) is 0.265. The third-order valence-corrected chi connectivity index (χ3v) is 5.88. The van der Waals surface area contributed by atoms with E-state index in [9.17, 15) is 9.18 Å². The molecule has 0 aliphatic heterocycles. The molecular formula is C26H30FN5O2. The Balaban J connectivity index is 1.40. The van der Waals surface area contributed by atoms with Crippen molar-refractivity contribution in [3.8, 4) is 11.3 Å². The lowest BCUT2D eigenvalue weighted by Crippen LogP contribution is -2.33. The minimum absolute atomic E-state index is 0.0267. The number of hydrogen-bond donors (Lipinski definition) is 0. The molecule has 2 heterocycles. The number of aromatic nitrogens is 4. The van der Waals surface area contributed by atoms with Crippen molar-refractivity contribution in [2.24, 2.45) is 0 Å². The molecule has 0 atom stereocenters. The summed E-state index contributed by atoms with van der Waals surface area (Å²) in [5, 5.41) is 4.05. The Hall–Kier alpha value is -3.42. The van der Waals surface area contributed by atoms with Gasteiger partial charge >= 0.3 is 0 Å². The zero-order chi connectivity index (χ0) is 23.9. The van der Waals surface area contributed by atoms with Crippen LogP contribution < -0.4 is 4.90 Å². The van der Waals surface area contributed by atoms with E-state index in [4.69, 9.17) is 4.52 Å². The predicted molar refractivity (Wildman–Crippen MR) is 128 cm³/mol. The summed E-state index contributed by atoms with van der Waals surface area (Å²) in [6.07, 6.45) is 9.04. The second-order valence-corrected chi connectivity index (χ2v) is 8.72. The Morgan fingerprint density at radius 2 is 2.06 bits per heavy atom. The van der Waals surface area contributed by atoms with Gasteiger partial charge in [0.15, 0.2) is 5.82 Å². The highest BCUT2D eigenvalue weighted by Gasteiger charge is 2.28. The summed E-state index contributed by atoms with van der Waals surface area (Å²) in [4.78, 5) is 28.0. The van der Waals surface area contributed by atoms with Crippen molar-refractivity contribution in [3.05, 3.63) is 66.2 Å². The average Bonchev–Trinajstić information content (AvgIpc) is 3.59. The van der Waals surface area contributed by atoms with Crippen LogP contribution >= 0.6 is 0 Å². The summed E-state index contributed by atoms with van der Waals surface area (Å²) < 4.78 is 18.2. The molecule has 7 nitrogen and oxygen atoms in total. The Kier molecular flexibility index (Phi) is 7.77. The third kappa shape index (κ3) is 6.12. The Morgan fingerprint density at radius 3 is 2.79 bits per heavy atom. The number of nitrogens with zero attached hydrogens (tertiary/aromatic N) is 5. The molecule has 1 aliphatic rings. The number of aryl methyl sites for hydroxylation is 2. The molecular weight excluding hydrogens is 433 g/mol. The maximum absolute atomic E-state index is 13.1. The summed E-state index contributed by atoms with van der Waals surface area (Å²) >= 11 is 0. The Bertz CT molecular complexity index is 1120. The maximum atomic E-state index is 13.1. The molecule has 34 heavy (non-hydrogen) atoms. The molecule has 0 bridgehead atoms. The van der Waals surface area contributed by atoms with E-state index in [0.29, 0.717) is 18.4 Å². The number of anilines is 1. The highest BCUT2D eigenvalue weighted by molar-refractivity contribution is 6.05. The number of amides is 1. The van der Waals surface area contributed by atoms with Crippen LogP contribution in [0, 0.1) is 6.92 Å². The van der Waals surface area contributed by atoms with E-state index in [1.807, 2.05) is 31.2 Å². The zero-order valence-electron chi connectivity index (χ0n) is 19.5. The van der Waals surface area contributed by atoms with Gasteiger partial charge in [-0.15, -0.1) is 0 Å². The van der Waals surface area contributed by atoms with Gasteiger partial charge < -0.3 is 9.42 Å². The van der Waals surface area contributed by atoms with Crippen LogP contribution in [0.3, 0.4) is 0 Å². The summed E-state index contributed by atoms with van der Waals surface area (Å²) in [6, 6.07) is 7.61. The smallest absolute Gasteiger partial charge is 0.253 e. The molecule has 2 aromatic heterocycles. The standard InChI is InChI=1S/C26H30FN5O2/c1-18(12-13-27)26(33)32(14-5-3-4-9-24-30-25(31-34-24)20-10-11-20)22-8-6-7-21(15-22)23-17-28-19(2)16-29-23/h6-8,15-17,20H,1,3-5,9-14H2,2H3. The van der Waals surface area contributed by atoms with Gasteiger partial charge in [0.05, 0.1) is 24.3 Å². The Labute approximate surface area is 199 Å². The highest BCUT2D eigenvalue weighted by atomic mass is 19.1. The molecule has 0 spiro atoms. The fourth-order valence-corrected chi connectivity index (χ4v) is 3.73. The number of hydrogen-bond acceptors (Lipinski definition) is 6. The van der Waals surface area contributed by atoms with E-state index >= 15 is 0 Å². The van der Waals surface area contributed by atoms with Gasteiger partial charge in [-0.25, -0.2) is 0 Å². The van der Waals surface area contributed by atoms with E-state index in [1.54, 1.807) is 17.3 Å². The molecule has 8 heteroatoms. The summed E-state index contributed by atoms with van der Waals surface area (Å²) in [7, 11) is 0. The van der Waals surface area contributed by atoms with Crippen LogP contribution in [0.4, 0.5) is 10.1 Å². The van der Waals surface area contributed by atoms with E-state index in [1.165, 1.54) is 0 Å². The summed E-state index contributed by atoms with van der Waals surface area (Å²) in [6.45, 7) is 5.59. The lowest BCUT2D eigenvalue weighted by atomic mass is 10.1. The zero-order valence-corrected chi connectivity index (χ0v) is 19.5. The SMILES string of the molecule is C=C(CCF)C(=O)N(CCCCCc1nc(C2CC2)no1)c1cccc(-c2cnc(C)cn2)c1. The molecule has 4 rings (SSSR count). The molecule has 178 valence electrons. The van der Waals surface area contributed by atoms with E-state index in [2.05, 4.69) is 26.7 Å². The van der Waals surface area contributed by atoms with Crippen LogP contribution in [-0.2, 0) is 11.2 Å². The van der Waals surface area contributed by atoms with Crippen LogP contribution in [0.2, 0.25) is 0 Å². The molecule has 3 aromatic rings. The molecule has 1 fully saturated rings. The van der Waals surface area contributed by atoms with Crippen molar-refractivity contribution < 1.29 is 13.7 Å². The van der Waals surface area contributed by atoms with E-state index in [0.717, 1.165) is 67.0 Å². The van der Waals surface area contributed by atoms with Crippen molar-refractivity contribution in [1.82, 2.24) is 20.1 Å². The lowest BCUT2D eigenvalue weighted by molar-refractivity contribution is -0.115. The van der Waals surface area contributed by atoms with E-state index < -0.39 is 6.67 Å². The maximum Gasteiger partial charge on any atom is 0.253 e. The summed E-state index contributed by atoms with van der Waals surface area (Å²) in [5.41, 5.74) is 3.43. The number of benzene rings is 1. The monoisotopic (exact) mass is 463 g/mol. The first-order valence-electron chi connectivity index (χ1n) is 11.8. The van der Waals surface area contributed by atoms with Crippen LogP contribution in [0.5, 0.6) is 0 Å². The number of halogens is 1. The first-order chi connectivity index (χ1) is 16.5. The lowest BCUT2D eigenvalue weighted by Gasteiger charge is -2.24. The van der Waals surface area contributed by atoms with Crippen LogP contribution in [0.15, 0.2) is 53.3 Å². The minimum atomic E-state index is -0.607. The third-order valence-electron chi connectivity index (χ3n) is 5.88. The largest absolute Gasteiger partial charge is 0.339 e. The average molecular weight is 464 g/mol. The molecule has 1 aromatic carbocycles. The van der Waals surface area contributed by atoms with Gasteiger partial charge in [-0.2, -0.15) is 4.98 Å². The topological polar surface area (TPSA) is 85.0 Å². The predicted octanol–water partition coefficient (Wildman–Crippen LogP) is 5.37. The van der Waals surface area contributed by atoms with Crippen LogP contribution in [-0.4, -0.2) is 39.2 Å². The number of rotatable bonds is 12. The minimum Gasteiger partial charge on any atom is -0.339 e. The molecule has 1 saturated carbocycles. The summed E-state index contributed by atoms with van der Waals surface area (Å²) in [5.74, 6) is 1.74. The van der Waals surface area contributed by atoms with Gasteiger partial charge in [-0.1, -0.05) is 30.3 Å². The molecule has 0 saturated heterocycles. The molecule has 1 amide bonds. The molecule has 0 radical (unpaired) electrons. The number of carbonyl (C=O) groups is 1. The Morgan fingerprint density at radius 1 is 1.21 bits per heavy atom. The van der Waals surface area contributed by atoms with Crippen molar-refractivity contribution in [2.75, 3.05) is 18.1 Å². The fraction of sp³-hybridized carbons (Fsp3) is 0.423. The van der Waals surface area contributed by atoms with E-state index in [-0.39, 0.29) is 17.9 Å². The van der Waals surface area contributed by atoms with Crippen molar-refractivity contribution >= 4 is 11.6 Å². The molecule has 1 aliphatic carbocycles. The van der Waals surface area contributed by atoms with Gasteiger partial charge in [-0.3, -0.25) is 19.2 Å². The number of carbonyl (C=O) groups excluding carboxylic acids is 1. The van der Waals surface area contributed by atoms with Gasteiger partial charge in [-0.05, 0) is 44.7 Å². The fourth-order valence-electron chi connectivity index (χ4n) is 3.73. The normalized spacial score (nSPS) is 13.1. The van der Waals surface area contributed by atoms with Crippen molar-refractivity contribution in [2.45, 2.75) is 57.8 Å². The second kappa shape index (κ2) is 11.1. The molecule has 0 N–H and O–H groups in total. The first-order valence-corrected chi connectivity index (χ1v) is 11.8. The van der Waals surface area contributed by atoms with Gasteiger partial charge in [0.25, 0.3) is 5.91 Å². The number of alkyl halides is 1. The second-order valence-electron chi connectivity index (χ2n) is 8.72. The molecule has 0 unspecified atom stereocenters.